The van der Waals surface area contributed by atoms with Gasteiger partial charge >= 0.3 is 5.97 Å². The summed E-state index contributed by atoms with van der Waals surface area (Å²) >= 11 is 0. The van der Waals surface area contributed by atoms with Gasteiger partial charge in [0.2, 0.25) is 53.2 Å². The third-order valence-electron chi connectivity index (χ3n) is 12.6. The molecule has 1 fully saturated rings. The van der Waals surface area contributed by atoms with Crippen LogP contribution in [0.1, 0.15) is 62.3 Å². The van der Waals surface area contributed by atoms with Crippen molar-refractivity contribution in [3.63, 3.8) is 0 Å². The van der Waals surface area contributed by atoms with Crippen molar-refractivity contribution in [1.29, 1.82) is 0 Å². The molecule has 1 aliphatic rings. The first-order chi connectivity index (χ1) is 39.2. The number of primary amides is 1. The van der Waals surface area contributed by atoms with Gasteiger partial charge in [-0.1, -0.05) is 70.1 Å². The predicted molar refractivity (Wildman–Crippen MR) is 306 cm³/mol. The van der Waals surface area contributed by atoms with Gasteiger partial charge in [0.25, 0.3) is 0 Å². The lowest BCUT2D eigenvalue weighted by Crippen LogP contribution is -2.61. The molecule has 21 N–H and O–H groups in total. The van der Waals surface area contributed by atoms with Gasteiger partial charge in [0, 0.05) is 86.2 Å². The Morgan fingerprint density at radius 3 is 1.85 bits per heavy atom. The Morgan fingerprint density at radius 2 is 1.23 bits per heavy atom. The first kappa shape index (κ1) is 64.0. The predicted octanol–water partition coefficient (Wildman–Crippen LogP) is -3.33. The van der Waals surface area contributed by atoms with Gasteiger partial charge in [0.15, 0.2) is 11.9 Å². The van der Waals surface area contributed by atoms with Crippen LogP contribution in [0.3, 0.4) is 0 Å². The first-order valence-corrected chi connectivity index (χ1v) is 28.5. The first-order valence-electron chi connectivity index (χ1n) is 26.0. The number of nitrogens with one attached hydrogen (secondary N) is 10. The number of imidazole rings is 1. The number of aromatic amines is 2. The Kier molecular flexibility index (Phi) is 25.3. The minimum Gasteiger partial charge on any atom is -0.481 e. The summed E-state index contributed by atoms with van der Waals surface area (Å²) in [6.45, 7) is 1.28. The van der Waals surface area contributed by atoms with Crippen molar-refractivity contribution in [1.82, 2.24) is 57.5 Å². The molecule has 0 aliphatic carbocycles. The maximum Gasteiger partial charge on any atom is 0.303 e. The minimum absolute atomic E-state index is 0.00244. The average Bonchev–Trinajstić information content (AvgIpc) is 4.33. The number of para-hydroxylation sites is 1. The van der Waals surface area contributed by atoms with Crippen LogP contribution in [0.15, 0.2) is 83.3 Å². The highest BCUT2D eigenvalue weighted by atomic mass is 33.1. The molecule has 442 valence electrons. The van der Waals surface area contributed by atoms with Crippen molar-refractivity contribution in [3.8, 4) is 0 Å². The van der Waals surface area contributed by atoms with Crippen LogP contribution in [0.2, 0.25) is 0 Å². The number of carboxylic acids is 1. The smallest absolute Gasteiger partial charge is 0.303 e. The van der Waals surface area contributed by atoms with Crippen molar-refractivity contribution in [3.05, 3.63) is 90.1 Å². The highest BCUT2D eigenvalue weighted by Gasteiger charge is 2.36. The molecule has 9 amide bonds. The number of hydrogen-bond donors (Lipinski definition) is 16. The summed E-state index contributed by atoms with van der Waals surface area (Å²) in [7, 11) is 1.88. The van der Waals surface area contributed by atoms with E-state index in [-0.39, 0.29) is 81.5 Å². The molecule has 2 aromatic heterocycles. The number of benzene rings is 2. The second-order valence-corrected chi connectivity index (χ2v) is 21.6. The van der Waals surface area contributed by atoms with Crippen LogP contribution in [0.5, 0.6) is 0 Å². The number of nitrogens with two attached hydrogens (primary N) is 5. The Morgan fingerprint density at radius 1 is 0.671 bits per heavy atom. The van der Waals surface area contributed by atoms with Crippen LogP contribution < -0.4 is 71.2 Å². The number of carbonyl (C=O) groups excluding carboxylic acids is 9. The van der Waals surface area contributed by atoms with Crippen LogP contribution in [0.25, 0.3) is 10.9 Å². The molecule has 0 radical (unpaired) electrons. The van der Waals surface area contributed by atoms with Crippen molar-refractivity contribution in [2.45, 2.75) is 113 Å². The van der Waals surface area contributed by atoms with E-state index < -0.39 is 120 Å². The number of aliphatic carboxylic acids is 1. The highest BCUT2D eigenvalue weighted by molar-refractivity contribution is 8.76. The number of amides is 9. The molecule has 0 bridgehead atoms. The summed E-state index contributed by atoms with van der Waals surface area (Å²) in [6, 6.07) is 3.98. The van der Waals surface area contributed by atoms with E-state index in [1.165, 1.54) is 19.4 Å². The van der Waals surface area contributed by atoms with Gasteiger partial charge in [-0.05, 0) is 49.3 Å². The van der Waals surface area contributed by atoms with Gasteiger partial charge in [-0.3, -0.25) is 57.9 Å². The lowest BCUT2D eigenvalue weighted by molar-refractivity contribution is -0.138. The molecular weight excluding hydrogens is 1100 g/mol. The molecule has 3 heterocycles. The molecule has 0 saturated carbocycles. The van der Waals surface area contributed by atoms with Crippen molar-refractivity contribution in [2.75, 3.05) is 24.6 Å². The zero-order valence-electron chi connectivity index (χ0n) is 44.8. The Balaban J connectivity index is 1.60. The molecule has 1 aliphatic heterocycles. The Hall–Kier alpha value is -8.87. The third-order valence-corrected chi connectivity index (χ3v) is 15.0. The van der Waals surface area contributed by atoms with E-state index >= 15 is 0 Å². The number of nitrogens with zero attached hydrogens (tertiary/aromatic N) is 3. The van der Waals surface area contributed by atoms with E-state index in [2.05, 4.69) is 67.5 Å². The number of fused-ring (bicyclic) bond motifs is 1. The number of carboxylic acid groups (broad SMARTS) is 1. The molecule has 82 heavy (non-hydrogen) atoms. The highest BCUT2D eigenvalue weighted by Crippen LogP contribution is 2.24. The topological polar surface area (TPSA) is 486 Å². The molecule has 2 aromatic carbocycles. The summed E-state index contributed by atoms with van der Waals surface area (Å²) in [6.07, 6.45) is 2.81. The zero-order valence-corrected chi connectivity index (χ0v) is 46.4. The summed E-state index contributed by atoms with van der Waals surface area (Å²) < 4.78 is 0. The van der Waals surface area contributed by atoms with E-state index in [0.29, 0.717) is 22.2 Å². The summed E-state index contributed by atoms with van der Waals surface area (Å²) in [5, 5.41) is 31.5. The fraction of sp³-hybridized carbons (Fsp3) is 0.431. The standard InChI is InChI=1S/C51H70N18O11S2/c1-27(70)62-33(13-7-17-58-50(53)54)43(74)69-40-25-82-81-24-39(42(52)73)68-47(78)37(20-29-22-60-32-12-6-5-11-31(29)32)66-44(75)34(14-8-18-59-51(55)56)63-46(77)36(19-28-9-3-2-4-10-28)65-48(79)38(21-30-23-57-26-61-30)67-45(76)35(64-49(40)80)15-16-41(71)72/h2-6,9-12,22-23,26,33-40,60H,7-8,13-21,24-25H2,1H3,(H2,52,73)(H,57,61)(H,62,70)(H,63,77)(H,64,80)(H,65,79)(H,66,75)(H,67,76)(H,68,78)(H,69,74)(H,71,72)(H4,53,54,58)(H4,55,56,59)/t33-,34-,35-,36+,37-,38-,39-,40-/m0/s1. The number of hydrogen-bond acceptors (Lipinski definition) is 15. The van der Waals surface area contributed by atoms with E-state index in [1.807, 2.05) is 6.07 Å². The SMILES string of the molecule is CC(=O)N[C@@H](CCCN=C(N)N)C(=O)N[C@H]1CSSC[C@@H](C(N)=O)NC(=O)[C@H](Cc2c[nH]c3ccccc23)NC(=O)[C@H](CCCN=C(N)N)NC(=O)[C@@H](Cc2ccccc2)NC(=O)[C@H](Cc2cnc[nH]2)NC(=O)[C@H](CCC(=O)O)NC1=O. The fourth-order valence-corrected chi connectivity index (χ4v) is 10.8. The van der Waals surface area contributed by atoms with Gasteiger partial charge in [-0.15, -0.1) is 0 Å². The quantitative estimate of drug-likeness (QED) is 0.0168. The van der Waals surface area contributed by atoms with Crippen LogP contribution in [0.4, 0.5) is 0 Å². The third kappa shape index (κ3) is 21.3. The maximum absolute atomic E-state index is 14.7. The van der Waals surface area contributed by atoms with Gasteiger partial charge in [0.1, 0.15) is 48.3 Å². The van der Waals surface area contributed by atoms with Crippen molar-refractivity contribution >= 4 is 104 Å². The molecule has 5 rings (SSSR count). The Bertz CT molecular complexity index is 2920. The number of aliphatic imine (C=N–C) groups is 2. The molecule has 1 saturated heterocycles. The van der Waals surface area contributed by atoms with Crippen molar-refractivity contribution in [2.24, 2.45) is 38.7 Å². The van der Waals surface area contributed by atoms with Gasteiger partial charge in [-0.25, -0.2) is 4.98 Å². The number of guanidine groups is 2. The molecule has 4 aromatic rings. The molecule has 0 spiro atoms. The van der Waals surface area contributed by atoms with Crippen LogP contribution in [0, 0.1) is 0 Å². The second-order valence-electron chi connectivity index (χ2n) is 19.0. The minimum atomic E-state index is -1.68. The summed E-state index contributed by atoms with van der Waals surface area (Å²) in [5.74, 6) is -10.3. The average molecular weight is 1180 g/mol. The normalized spacial score (nSPS) is 21.2. The van der Waals surface area contributed by atoms with E-state index in [9.17, 15) is 53.1 Å². The van der Waals surface area contributed by atoms with Crippen LogP contribution in [-0.2, 0) is 67.2 Å². The van der Waals surface area contributed by atoms with Crippen LogP contribution in [-0.4, -0.2) is 164 Å². The number of H-pyrrole nitrogens is 2. The molecule has 8 atom stereocenters. The van der Waals surface area contributed by atoms with Crippen LogP contribution >= 0.6 is 21.6 Å². The van der Waals surface area contributed by atoms with Gasteiger partial charge in [-0.2, -0.15) is 0 Å². The number of carbonyl (C=O) groups is 10. The second kappa shape index (κ2) is 32.4. The van der Waals surface area contributed by atoms with E-state index in [0.717, 1.165) is 27.1 Å². The van der Waals surface area contributed by atoms with Gasteiger partial charge in [0.05, 0.1) is 6.33 Å². The fourth-order valence-electron chi connectivity index (χ4n) is 8.46. The number of aromatic nitrogens is 3. The van der Waals surface area contributed by atoms with Crippen molar-refractivity contribution < 1.29 is 53.1 Å². The van der Waals surface area contributed by atoms with E-state index in [4.69, 9.17) is 28.7 Å². The molecular formula is C51H70N18O11S2. The lowest BCUT2D eigenvalue weighted by Gasteiger charge is -2.28. The zero-order chi connectivity index (χ0) is 59.7. The Labute approximate surface area is 478 Å². The largest absolute Gasteiger partial charge is 0.481 e. The number of rotatable bonds is 21. The molecule has 31 heteroatoms. The molecule has 29 nitrogen and oxygen atoms in total. The summed E-state index contributed by atoms with van der Waals surface area (Å²) in [5.41, 5.74) is 30.1. The van der Waals surface area contributed by atoms with E-state index in [1.54, 1.807) is 54.7 Å². The molecule has 0 unspecified atom stereocenters. The monoisotopic (exact) mass is 1170 g/mol. The van der Waals surface area contributed by atoms with Gasteiger partial charge < -0.3 is 86.3 Å². The maximum atomic E-state index is 14.7. The summed E-state index contributed by atoms with van der Waals surface area (Å²) in [4.78, 5) is 157. The lowest BCUT2D eigenvalue weighted by atomic mass is 10.0.